The van der Waals surface area contributed by atoms with Gasteiger partial charge in [-0.05, 0) is 78.1 Å². The first-order valence-corrected chi connectivity index (χ1v) is 9.84. The van der Waals surface area contributed by atoms with Crippen molar-refractivity contribution in [2.24, 2.45) is 0 Å². The maximum Gasteiger partial charge on any atom is 0.225 e. The molecule has 0 unspecified atom stereocenters. The predicted molar refractivity (Wildman–Crippen MR) is 108 cm³/mol. The Hall–Kier alpha value is -1.92. The number of nitrogens with one attached hydrogen (secondary N) is 2. The molecule has 6 nitrogen and oxygen atoms in total. The summed E-state index contributed by atoms with van der Waals surface area (Å²) in [5.74, 6) is 1.73. The first-order chi connectivity index (χ1) is 12.7. The van der Waals surface area contributed by atoms with E-state index in [1.165, 1.54) is 0 Å². The van der Waals surface area contributed by atoms with Gasteiger partial charge in [0.2, 0.25) is 5.95 Å². The highest BCUT2D eigenvalue weighted by atomic mass is 15.2. The lowest BCUT2D eigenvalue weighted by Crippen LogP contribution is -2.37. The number of fused-ring (bicyclic) bond motifs is 1. The van der Waals surface area contributed by atoms with Gasteiger partial charge in [-0.15, -0.1) is 0 Å². The summed E-state index contributed by atoms with van der Waals surface area (Å²) in [6.45, 7) is 4.54. The van der Waals surface area contributed by atoms with Crippen molar-refractivity contribution in [1.82, 2.24) is 19.8 Å². The minimum Gasteiger partial charge on any atom is -0.367 e. The van der Waals surface area contributed by atoms with Gasteiger partial charge in [-0.3, -0.25) is 0 Å². The zero-order valence-corrected chi connectivity index (χ0v) is 15.9. The van der Waals surface area contributed by atoms with Crippen molar-refractivity contribution in [3.05, 3.63) is 24.3 Å². The summed E-state index contributed by atoms with van der Waals surface area (Å²) in [6.07, 6.45) is 4.61. The smallest absolute Gasteiger partial charge is 0.225 e. The van der Waals surface area contributed by atoms with Gasteiger partial charge in [0, 0.05) is 17.5 Å². The van der Waals surface area contributed by atoms with Crippen LogP contribution in [0.1, 0.15) is 25.7 Å². The molecule has 2 N–H and O–H groups in total. The van der Waals surface area contributed by atoms with Gasteiger partial charge in [0.05, 0.1) is 5.52 Å². The molecule has 2 aliphatic heterocycles. The monoisotopic (exact) mass is 354 g/mol. The molecule has 2 aliphatic rings. The van der Waals surface area contributed by atoms with Gasteiger partial charge in [0.1, 0.15) is 5.82 Å². The average molecular weight is 355 g/mol. The topological polar surface area (TPSA) is 56.3 Å². The molecule has 0 amide bonds. The van der Waals surface area contributed by atoms with Crippen LogP contribution in [-0.2, 0) is 0 Å². The van der Waals surface area contributed by atoms with Crippen LogP contribution in [0.4, 0.5) is 11.8 Å². The van der Waals surface area contributed by atoms with Gasteiger partial charge < -0.3 is 20.4 Å². The Balaban J connectivity index is 1.54. The molecule has 2 aromatic rings. The molecular formula is C20H30N6. The quantitative estimate of drug-likeness (QED) is 0.880. The van der Waals surface area contributed by atoms with E-state index in [2.05, 4.69) is 52.7 Å². The molecule has 26 heavy (non-hydrogen) atoms. The molecule has 0 saturated carbocycles. The number of likely N-dealkylation sites (tertiary alicyclic amines) is 2. The minimum absolute atomic E-state index is 0.462. The Morgan fingerprint density at radius 3 is 2.04 bits per heavy atom. The molecule has 1 aromatic carbocycles. The van der Waals surface area contributed by atoms with Crippen LogP contribution in [-0.4, -0.2) is 72.1 Å². The number of hydrogen-bond acceptors (Lipinski definition) is 6. The van der Waals surface area contributed by atoms with Gasteiger partial charge in [0.15, 0.2) is 0 Å². The van der Waals surface area contributed by atoms with E-state index in [1.54, 1.807) is 0 Å². The maximum atomic E-state index is 4.87. The van der Waals surface area contributed by atoms with Gasteiger partial charge in [-0.25, -0.2) is 4.98 Å². The van der Waals surface area contributed by atoms with E-state index in [1.807, 2.05) is 6.07 Å². The largest absolute Gasteiger partial charge is 0.367 e. The molecule has 0 bridgehead atoms. The summed E-state index contributed by atoms with van der Waals surface area (Å²) < 4.78 is 0. The van der Waals surface area contributed by atoms with Crippen molar-refractivity contribution in [2.45, 2.75) is 37.8 Å². The van der Waals surface area contributed by atoms with E-state index in [0.717, 1.165) is 74.5 Å². The van der Waals surface area contributed by atoms with E-state index in [9.17, 15) is 0 Å². The molecule has 2 saturated heterocycles. The molecule has 4 rings (SSSR count). The summed E-state index contributed by atoms with van der Waals surface area (Å²) in [5, 5.41) is 8.40. The number of anilines is 2. The molecule has 0 radical (unpaired) electrons. The van der Waals surface area contributed by atoms with E-state index in [-0.39, 0.29) is 0 Å². The Morgan fingerprint density at radius 2 is 1.38 bits per heavy atom. The van der Waals surface area contributed by atoms with Gasteiger partial charge in [0.25, 0.3) is 0 Å². The molecule has 140 valence electrons. The third-order valence-corrected chi connectivity index (χ3v) is 5.71. The zero-order valence-electron chi connectivity index (χ0n) is 15.9. The number of benzene rings is 1. The van der Waals surface area contributed by atoms with Crippen molar-refractivity contribution in [1.29, 1.82) is 0 Å². The fourth-order valence-corrected chi connectivity index (χ4v) is 3.93. The highest BCUT2D eigenvalue weighted by Gasteiger charge is 2.20. The number of nitrogens with zero attached hydrogens (tertiary/aromatic N) is 4. The highest BCUT2D eigenvalue weighted by molar-refractivity contribution is 5.90. The second-order valence-corrected chi connectivity index (χ2v) is 7.86. The summed E-state index contributed by atoms with van der Waals surface area (Å²) in [4.78, 5) is 14.4. The van der Waals surface area contributed by atoms with Crippen molar-refractivity contribution >= 4 is 22.7 Å². The molecular weight excluding hydrogens is 324 g/mol. The van der Waals surface area contributed by atoms with Gasteiger partial charge in [-0.1, -0.05) is 12.1 Å². The highest BCUT2D eigenvalue weighted by Crippen LogP contribution is 2.25. The molecule has 0 spiro atoms. The third kappa shape index (κ3) is 4.07. The van der Waals surface area contributed by atoms with Crippen LogP contribution < -0.4 is 10.6 Å². The van der Waals surface area contributed by atoms with Crippen LogP contribution in [0, 0.1) is 0 Å². The summed E-state index contributed by atoms with van der Waals surface area (Å²) in [6, 6.07) is 9.26. The predicted octanol–water partition coefficient (Wildman–Crippen LogP) is 2.64. The van der Waals surface area contributed by atoms with Crippen LogP contribution in [0.25, 0.3) is 10.9 Å². The number of piperidine rings is 2. The van der Waals surface area contributed by atoms with Crippen molar-refractivity contribution in [2.75, 3.05) is 50.9 Å². The lowest BCUT2D eigenvalue weighted by atomic mass is 10.1. The Kier molecular flexibility index (Phi) is 5.22. The van der Waals surface area contributed by atoms with E-state index in [0.29, 0.717) is 12.1 Å². The summed E-state index contributed by atoms with van der Waals surface area (Å²) in [5.41, 5.74) is 1.01. The Labute approximate surface area is 156 Å². The average Bonchev–Trinajstić information content (AvgIpc) is 2.65. The fraction of sp³-hybridized carbons (Fsp3) is 0.600. The zero-order chi connectivity index (χ0) is 17.9. The molecule has 1 aromatic heterocycles. The van der Waals surface area contributed by atoms with Crippen LogP contribution in [0.2, 0.25) is 0 Å². The molecule has 2 fully saturated rings. The second kappa shape index (κ2) is 7.76. The standard InChI is InChI=1S/C20H30N6/c1-25-11-7-15(8-12-25)21-19-17-5-3-4-6-18(17)23-20(24-19)22-16-9-13-26(2)14-10-16/h3-6,15-16H,7-14H2,1-2H3,(H2,21,22,23,24). The maximum absolute atomic E-state index is 4.87. The van der Waals surface area contributed by atoms with E-state index in [4.69, 9.17) is 9.97 Å². The molecule has 3 heterocycles. The van der Waals surface area contributed by atoms with Crippen LogP contribution in [0.3, 0.4) is 0 Å². The van der Waals surface area contributed by atoms with Crippen LogP contribution in [0.15, 0.2) is 24.3 Å². The first-order valence-electron chi connectivity index (χ1n) is 9.84. The van der Waals surface area contributed by atoms with E-state index >= 15 is 0 Å². The number of aromatic nitrogens is 2. The van der Waals surface area contributed by atoms with Crippen molar-refractivity contribution in [3.63, 3.8) is 0 Å². The molecule has 6 heteroatoms. The van der Waals surface area contributed by atoms with Gasteiger partial charge in [-0.2, -0.15) is 4.98 Å². The Bertz CT molecular complexity index is 732. The van der Waals surface area contributed by atoms with Crippen molar-refractivity contribution in [3.8, 4) is 0 Å². The first kappa shape index (κ1) is 17.5. The lowest BCUT2D eigenvalue weighted by Gasteiger charge is -2.31. The summed E-state index contributed by atoms with van der Waals surface area (Å²) in [7, 11) is 4.38. The lowest BCUT2D eigenvalue weighted by molar-refractivity contribution is 0.263. The SMILES string of the molecule is CN1CCC(Nc2nc(NC3CCN(C)CC3)c3ccccc3n2)CC1. The second-order valence-electron chi connectivity index (χ2n) is 7.86. The fourth-order valence-electron chi connectivity index (χ4n) is 3.93. The third-order valence-electron chi connectivity index (χ3n) is 5.71. The normalized spacial score (nSPS) is 21.2. The number of para-hydroxylation sites is 1. The molecule has 0 aliphatic carbocycles. The molecule has 0 atom stereocenters. The van der Waals surface area contributed by atoms with Crippen LogP contribution >= 0.6 is 0 Å². The van der Waals surface area contributed by atoms with Crippen molar-refractivity contribution < 1.29 is 0 Å². The number of rotatable bonds is 4. The number of hydrogen-bond donors (Lipinski definition) is 2. The summed E-state index contributed by atoms with van der Waals surface area (Å²) >= 11 is 0. The van der Waals surface area contributed by atoms with E-state index < -0.39 is 0 Å². The minimum atomic E-state index is 0.462. The van der Waals surface area contributed by atoms with Gasteiger partial charge >= 0.3 is 0 Å². The Morgan fingerprint density at radius 1 is 0.808 bits per heavy atom. The van der Waals surface area contributed by atoms with Crippen LogP contribution in [0.5, 0.6) is 0 Å².